The van der Waals surface area contributed by atoms with Crippen molar-refractivity contribution in [2.75, 3.05) is 6.61 Å². The molecule has 0 spiro atoms. The zero-order chi connectivity index (χ0) is 17.1. The van der Waals surface area contributed by atoms with Crippen LogP contribution in [0.4, 0.5) is 18.9 Å². The molecule has 1 rings (SSSR count). The van der Waals surface area contributed by atoms with E-state index in [0.717, 1.165) is 18.2 Å². The highest BCUT2D eigenvalue weighted by molar-refractivity contribution is 5.93. The van der Waals surface area contributed by atoms with Gasteiger partial charge < -0.3 is 9.47 Å². The Hall–Kier alpha value is -2.32. The minimum absolute atomic E-state index is 0.315. The topological polar surface area (TPSA) is 78.7 Å². The number of benzene rings is 1. The number of carbonyl (C=O) groups excluding carboxylic acids is 1. The van der Waals surface area contributed by atoms with Gasteiger partial charge in [-0.3, -0.25) is 10.1 Å². The van der Waals surface area contributed by atoms with Crippen molar-refractivity contribution in [2.45, 2.75) is 32.5 Å². The van der Waals surface area contributed by atoms with E-state index in [0.29, 0.717) is 0 Å². The monoisotopic (exact) mass is 321 g/mol. The summed E-state index contributed by atoms with van der Waals surface area (Å²) in [7, 11) is 0. The molecule has 0 aliphatic heterocycles. The molecule has 0 aliphatic rings. The first-order valence-corrected chi connectivity index (χ1v) is 6.10. The molecular formula is C13H14F3NO5. The van der Waals surface area contributed by atoms with Crippen LogP contribution < -0.4 is 4.74 Å². The fraction of sp³-hybridized carbons (Fsp3) is 0.462. The smallest absolute Gasteiger partial charge is 0.422 e. The normalized spacial score (nSPS) is 11.9. The largest absolute Gasteiger partial charge is 0.483 e. The van der Waals surface area contributed by atoms with Crippen LogP contribution in [-0.4, -0.2) is 29.3 Å². The Kier molecular flexibility index (Phi) is 5.00. The average molecular weight is 321 g/mol. The lowest BCUT2D eigenvalue weighted by Crippen LogP contribution is -2.25. The standard InChI is InChI=1S/C13H14F3NO5/c1-12(2,3)22-11(18)9-5-4-8(17(19)20)6-10(9)21-7-13(14,15)16/h4-6H,7H2,1-3H3. The van der Waals surface area contributed by atoms with Crippen LogP contribution >= 0.6 is 0 Å². The second-order valence-corrected chi connectivity index (χ2v) is 5.34. The quantitative estimate of drug-likeness (QED) is 0.482. The second-order valence-electron chi connectivity index (χ2n) is 5.34. The van der Waals surface area contributed by atoms with E-state index in [4.69, 9.17) is 4.74 Å². The van der Waals surface area contributed by atoms with Gasteiger partial charge in [0.25, 0.3) is 5.69 Å². The van der Waals surface area contributed by atoms with Crippen molar-refractivity contribution < 1.29 is 32.4 Å². The number of halogens is 3. The van der Waals surface area contributed by atoms with Gasteiger partial charge in [-0.1, -0.05) is 0 Å². The molecule has 0 fully saturated rings. The lowest BCUT2D eigenvalue weighted by molar-refractivity contribution is -0.385. The molecule has 1 aromatic rings. The molecule has 0 unspecified atom stereocenters. The molecule has 0 saturated carbocycles. The van der Waals surface area contributed by atoms with Crippen LogP contribution in [0.3, 0.4) is 0 Å². The number of hydrogen-bond acceptors (Lipinski definition) is 5. The summed E-state index contributed by atoms with van der Waals surface area (Å²) in [6, 6.07) is 2.74. The zero-order valence-electron chi connectivity index (χ0n) is 12.1. The molecule has 0 bridgehead atoms. The van der Waals surface area contributed by atoms with E-state index in [-0.39, 0.29) is 5.56 Å². The van der Waals surface area contributed by atoms with Gasteiger partial charge in [-0.05, 0) is 26.8 Å². The molecule has 0 radical (unpaired) electrons. The molecule has 22 heavy (non-hydrogen) atoms. The van der Waals surface area contributed by atoms with Crippen molar-refractivity contribution in [1.82, 2.24) is 0 Å². The molecule has 0 aromatic heterocycles. The first-order valence-electron chi connectivity index (χ1n) is 6.10. The number of rotatable bonds is 4. The van der Waals surface area contributed by atoms with Crippen LogP contribution in [0.5, 0.6) is 5.75 Å². The number of ether oxygens (including phenoxy) is 2. The van der Waals surface area contributed by atoms with Gasteiger partial charge in [0, 0.05) is 6.07 Å². The molecule has 0 amide bonds. The van der Waals surface area contributed by atoms with Crippen molar-refractivity contribution in [3.8, 4) is 5.75 Å². The maximum atomic E-state index is 12.2. The van der Waals surface area contributed by atoms with E-state index >= 15 is 0 Å². The van der Waals surface area contributed by atoms with Gasteiger partial charge in [0.15, 0.2) is 6.61 Å². The van der Waals surface area contributed by atoms with Crippen LogP contribution in [0, 0.1) is 10.1 Å². The molecule has 9 heteroatoms. The summed E-state index contributed by atoms with van der Waals surface area (Å²) in [6.45, 7) is 3.05. The molecular weight excluding hydrogens is 307 g/mol. The van der Waals surface area contributed by atoms with E-state index in [9.17, 15) is 28.1 Å². The Balaban J connectivity index is 3.14. The van der Waals surface area contributed by atoms with Crippen LogP contribution in [0.2, 0.25) is 0 Å². The summed E-state index contributed by atoms with van der Waals surface area (Å²) in [5.41, 5.74) is -1.69. The Morgan fingerprint density at radius 2 is 1.86 bits per heavy atom. The molecule has 0 atom stereocenters. The zero-order valence-corrected chi connectivity index (χ0v) is 12.1. The Morgan fingerprint density at radius 1 is 1.27 bits per heavy atom. The van der Waals surface area contributed by atoms with E-state index in [2.05, 4.69) is 4.74 Å². The summed E-state index contributed by atoms with van der Waals surface area (Å²) in [4.78, 5) is 21.8. The third-order valence-corrected chi connectivity index (χ3v) is 2.19. The fourth-order valence-electron chi connectivity index (χ4n) is 1.41. The highest BCUT2D eigenvalue weighted by Gasteiger charge is 2.30. The van der Waals surface area contributed by atoms with Crippen LogP contribution in [0.1, 0.15) is 31.1 Å². The first kappa shape index (κ1) is 17.7. The third kappa shape index (κ3) is 5.58. The van der Waals surface area contributed by atoms with E-state index < -0.39 is 40.7 Å². The summed E-state index contributed by atoms with van der Waals surface area (Å²) < 4.78 is 46.2. The molecule has 0 saturated heterocycles. The summed E-state index contributed by atoms with van der Waals surface area (Å²) in [5.74, 6) is -1.49. The van der Waals surface area contributed by atoms with Gasteiger partial charge in [-0.2, -0.15) is 13.2 Å². The first-order chi connectivity index (χ1) is 9.89. The van der Waals surface area contributed by atoms with Gasteiger partial charge >= 0.3 is 12.1 Å². The maximum Gasteiger partial charge on any atom is 0.422 e. The third-order valence-electron chi connectivity index (χ3n) is 2.19. The van der Waals surface area contributed by atoms with Gasteiger partial charge in [-0.15, -0.1) is 0 Å². The molecule has 122 valence electrons. The van der Waals surface area contributed by atoms with E-state index in [1.165, 1.54) is 0 Å². The van der Waals surface area contributed by atoms with Gasteiger partial charge in [0.1, 0.15) is 16.9 Å². The molecule has 1 aromatic carbocycles. The van der Waals surface area contributed by atoms with Gasteiger partial charge in [0.05, 0.1) is 11.0 Å². The highest BCUT2D eigenvalue weighted by Crippen LogP contribution is 2.28. The summed E-state index contributed by atoms with van der Waals surface area (Å²) >= 11 is 0. The Labute approximate surface area is 124 Å². The molecule has 6 nitrogen and oxygen atoms in total. The summed E-state index contributed by atoms with van der Waals surface area (Å²) in [6.07, 6.45) is -4.64. The van der Waals surface area contributed by atoms with Crippen molar-refractivity contribution in [1.29, 1.82) is 0 Å². The van der Waals surface area contributed by atoms with Gasteiger partial charge in [-0.25, -0.2) is 4.79 Å². The van der Waals surface area contributed by atoms with Crippen molar-refractivity contribution in [2.24, 2.45) is 0 Å². The molecule has 0 heterocycles. The predicted octanol–water partition coefficient (Wildman–Crippen LogP) is 3.49. The lowest BCUT2D eigenvalue weighted by atomic mass is 10.1. The van der Waals surface area contributed by atoms with Crippen molar-refractivity contribution in [3.05, 3.63) is 33.9 Å². The SMILES string of the molecule is CC(C)(C)OC(=O)c1ccc([N+](=O)[O-])cc1OCC(F)(F)F. The van der Waals surface area contributed by atoms with E-state index in [1.54, 1.807) is 20.8 Å². The number of hydrogen-bond donors (Lipinski definition) is 0. The molecule has 0 N–H and O–H groups in total. The van der Waals surface area contributed by atoms with Gasteiger partial charge in [0.2, 0.25) is 0 Å². The minimum atomic E-state index is -4.64. The number of carbonyl (C=O) groups is 1. The van der Waals surface area contributed by atoms with Crippen molar-refractivity contribution in [3.63, 3.8) is 0 Å². The number of nitro benzene ring substituents is 1. The van der Waals surface area contributed by atoms with Crippen LogP contribution in [-0.2, 0) is 4.74 Å². The summed E-state index contributed by atoms with van der Waals surface area (Å²) in [5, 5.41) is 10.7. The van der Waals surface area contributed by atoms with Crippen LogP contribution in [0.25, 0.3) is 0 Å². The predicted molar refractivity (Wildman–Crippen MR) is 69.8 cm³/mol. The second kappa shape index (κ2) is 6.20. The average Bonchev–Trinajstić information content (AvgIpc) is 2.32. The lowest BCUT2D eigenvalue weighted by Gasteiger charge is -2.20. The number of non-ortho nitro benzene ring substituents is 1. The Bertz CT molecular complexity index is 578. The Morgan fingerprint density at radius 3 is 2.32 bits per heavy atom. The fourth-order valence-corrected chi connectivity index (χ4v) is 1.41. The number of nitrogens with zero attached hydrogens (tertiary/aromatic N) is 1. The van der Waals surface area contributed by atoms with Crippen LogP contribution in [0.15, 0.2) is 18.2 Å². The maximum absolute atomic E-state index is 12.2. The highest BCUT2D eigenvalue weighted by atomic mass is 19.4. The van der Waals surface area contributed by atoms with Crippen molar-refractivity contribution >= 4 is 11.7 Å². The number of alkyl halides is 3. The minimum Gasteiger partial charge on any atom is -0.483 e. The molecule has 0 aliphatic carbocycles. The number of esters is 1. The van der Waals surface area contributed by atoms with E-state index in [1.807, 2.05) is 0 Å². The number of nitro groups is 1.